The number of pyridine rings is 1. The Balaban J connectivity index is 0.000000710. The van der Waals surface area contributed by atoms with Crippen LogP contribution in [0, 0.1) is 0 Å². The van der Waals surface area contributed by atoms with Crippen molar-refractivity contribution in [3.8, 4) is 11.3 Å². The van der Waals surface area contributed by atoms with E-state index < -0.39 is 12.2 Å². The van der Waals surface area contributed by atoms with Crippen molar-refractivity contribution < 1.29 is 19.8 Å². The molecule has 0 bridgehead atoms. The van der Waals surface area contributed by atoms with Crippen molar-refractivity contribution in [2.45, 2.75) is 38.2 Å². The van der Waals surface area contributed by atoms with Crippen LogP contribution in [-0.4, -0.2) is 60.9 Å². The van der Waals surface area contributed by atoms with E-state index in [0.29, 0.717) is 24.3 Å². The lowest BCUT2D eigenvalue weighted by Crippen LogP contribution is -2.42. The zero-order valence-corrected chi connectivity index (χ0v) is 17.1. The minimum absolute atomic E-state index is 0.00426. The Kier molecular flexibility index (Phi) is 6.13. The van der Waals surface area contributed by atoms with Crippen molar-refractivity contribution in [2.75, 3.05) is 18.4 Å². The highest BCUT2D eigenvalue weighted by molar-refractivity contribution is 5.94. The number of amides is 2. The van der Waals surface area contributed by atoms with Crippen molar-refractivity contribution in [1.29, 1.82) is 0 Å². The monoisotopic (exact) mass is 423 g/mol. The third kappa shape index (κ3) is 5.18. The Hall–Kier alpha value is -3.46. The van der Waals surface area contributed by atoms with E-state index in [1.165, 1.54) is 19.3 Å². The number of carbonyl (C=O) groups excluding carboxylic acids is 1. The third-order valence-electron chi connectivity index (χ3n) is 5.04. The van der Waals surface area contributed by atoms with Crippen LogP contribution >= 0.6 is 0 Å². The van der Waals surface area contributed by atoms with Gasteiger partial charge in [0.1, 0.15) is 0 Å². The number of aromatic nitrogens is 3. The standard InChI is InChI=1S/C19H19N5O4.C3H6/c25-14-3-2-10-23(11-14)17(26)13-8-6-12(7-9-13)15-4-1-5-16-20-18(21-19(27)28)22-24(15)16;1-2-3-1/h1,4-9,14,25H,2-3,10-11H2,(H,21,22)(H,27,28);1-3H2. The van der Waals surface area contributed by atoms with Crippen molar-refractivity contribution in [1.82, 2.24) is 19.5 Å². The maximum absolute atomic E-state index is 12.6. The van der Waals surface area contributed by atoms with Gasteiger partial charge < -0.3 is 15.1 Å². The molecule has 1 saturated heterocycles. The van der Waals surface area contributed by atoms with E-state index in [-0.39, 0.29) is 11.9 Å². The number of anilines is 1. The molecular weight excluding hydrogens is 398 g/mol. The number of piperidine rings is 1. The van der Waals surface area contributed by atoms with Gasteiger partial charge in [-0.1, -0.05) is 37.5 Å². The summed E-state index contributed by atoms with van der Waals surface area (Å²) >= 11 is 0. The summed E-state index contributed by atoms with van der Waals surface area (Å²) in [5.74, 6) is -0.104. The molecule has 1 atom stereocenters. The highest BCUT2D eigenvalue weighted by Gasteiger charge is 2.23. The minimum atomic E-state index is -1.23. The predicted octanol–water partition coefficient (Wildman–Crippen LogP) is 3.25. The molecule has 9 nitrogen and oxygen atoms in total. The first-order valence-electron chi connectivity index (χ1n) is 10.4. The first kappa shape index (κ1) is 20.8. The number of aliphatic hydroxyl groups excluding tert-OH is 1. The number of carbonyl (C=O) groups is 2. The quantitative estimate of drug-likeness (QED) is 0.595. The highest BCUT2D eigenvalue weighted by Crippen LogP contribution is 2.22. The number of hydrogen-bond donors (Lipinski definition) is 3. The van der Waals surface area contributed by atoms with E-state index in [4.69, 9.17) is 5.11 Å². The molecule has 2 aliphatic rings. The number of β-amino-alcohol motifs (C(OH)–C–C–N with tert-alkyl or cyclic N) is 1. The van der Waals surface area contributed by atoms with E-state index in [1.54, 1.807) is 33.7 Å². The van der Waals surface area contributed by atoms with Crippen LogP contribution in [0.3, 0.4) is 0 Å². The average molecular weight is 423 g/mol. The summed E-state index contributed by atoms with van der Waals surface area (Å²) in [6.45, 7) is 1.01. The van der Waals surface area contributed by atoms with Crippen molar-refractivity contribution in [3.05, 3.63) is 48.0 Å². The third-order valence-corrected chi connectivity index (χ3v) is 5.04. The van der Waals surface area contributed by atoms with Crippen LogP contribution in [0.25, 0.3) is 16.9 Å². The van der Waals surface area contributed by atoms with Gasteiger partial charge in [-0.05, 0) is 37.1 Å². The number of hydrogen-bond acceptors (Lipinski definition) is 5. The lowest BCUT2D eigenvalue weighted by Gasteiger charge is -2.30. The molecule has 3 heterocycles. The summed E-state index contributed by atoms with van der Waals surface area (Å²) in [4.78, 5) is 29.2. The molecule has 162 valence electrons. The molecule has 2 fully saturated rings. The van der Waals surface area contributed by atoms with Crippen LogP contribution in [0.1, 0.15) is 42.5 Å². The van der Waals surface area contributed by atoms with Gasteiger partial charge >= 0.3 is 6.09 Å². The van der Waals surface area contributed by atoms with Crippen molar-refractivity contribution >= 4 is 23.6 Å². The fraction of sp³-hybridized carbons (Fsp3) is 0.364. The molecule has 5 rings (SSSR count). The van der Waals surface area contributed by atoms with Gasteiger partial charge in [-0.3, -0.25) is 10.1 Å². The van der Waals surface area contributed by atoms with Gasteiger partial charge in [0.05, 0.1) is 11.8 Å². The lowest BCUT2D eigenvalue weighted by atomic mass is 10.0. The Morgan fingerprint density at radius 1 is 1.03 bits per heavy atom. The predicted molar refractivity (Wildman–Crippen MR) is 115 cm³/mol. The molecule has 2 aromatic heterocycles. The topological polar surface area (TPSA) is 120 Å². The summed E-state index contributed by atoms with van der Waals surface area (Å²) in [5, 5.41) is 24.9. The molecule has 3 aromatic rings. The normalized spacial score (nSPS) is 17.6. The summed E-state index contributed by atoms with van der Waals surface area (Å²) in [6.07, 6.45) is 4.33. The van der Waals surface area contributed by atoms with Crippen LogP contribution in [0.15, 0.2) is 42.5 Å². The Morgan fingerprint density at radius 3 is 2.42 bits per heavy atom. The summed E-state index contributed by atoms with van der Waals surface area (Å²) in [7, 11) is 0. The molecular formula is C22H25N5O4. The molecule has 1 aromatic carbocycles. The van der Waals surface area contributed by atoms with E-state index in [0.717, 1.165) is 24.1 Å². The zero-order valence-electron chi connectivity index (χ0n) is 17.1. The Labute approximate surface area is 179 Å². The smallest absolute Gasteiger partial charge is 0.411 e. The van der Waals surface area contributed by atoms with Crippen LogP contribution < -0.4 is 5.32 Å². The van der Waals surface area contributed by atoms with Gasteiger partial charge in [0.15, 0.2) is 5.65 Å². The Morgan fingerprint density at radius 2 is 1.77 bits per heavy atom. The second kappa shape index (κ2) is 9.13. The van der Waals surface area contributed by atoms with Gasteiger partial charge in [-0.25, -0.2) is 9.31 Å². The van der Waals surface area contributed by atoms with E-state index in [1.807, 2.05) is 18.2 Å². The molecule has 1 unspecified atom stereocenters. The van der Waals surface area contributed by atoms with Gasteiger partial charge in [0, 0.05) is 24.2 Å². The van der Waals surface area contributed by atoms with E-state index in [9.17, 15) is 14.7 Å². The molecule has 0 radical (unpaired) electrons. The maximum Gasteiger partial charge on any atom is 0.411 e. The number of nitrogens with one attached hydrogen (secondary N) is 1. The highest BCUT2D eigenvalue weighted by atomic mass is 16.4. The fourth-order valence-electron chi connectivity index (χ4n) is 3.38. The largest absolute Gasteiger partial charge is 0.465 e. The second-order valence-electron chi connectivity index (χ2n) is 7.73. The van der Waals surface area contributed by atoms with Crippen LogP contribution in [0.4, 0.5) is 10.7 Å². The second-order valence-corrected chi connectivity index (χ2v) is 7.73. The number of benzene rings is 1. The molecule has 3 N–H and O–H groups in total. The minimum Gasteiger partial charge on any atom is -0.465 e. The van der Waals surface area contributed by atoms with Crippen LogP contribution in [-0.2, 0) is 0 Å². The van der Waals surface area contributed by atoms with Gasteiger partial charge in [0.25, 0.3) is 11.9 Å². The number of aliphatic hydroxyl groups is 1. The van der Waals surface area contributed by atoms with Crippen molar-refractivity contribution in [2.24, 2.45) is 0 Å². The summed E-state index contributed by atoms with van der Waals surface area (Å²) in [6, 6.07) is 12.5. The van der Waals surface area contributed by atoms with Gasteiger partial charge in [0.2, 0.25) is 0 Å². The lowest BCUT2D eigenvalue weighted by molar-refractivity contribution is 0.0474. The first-order valence-corrected chi connectivity index (χ1v) is 10.4. The number of likely N-dealkylation sites (tertiary alicyclic amines) is 1. The fourth-order valence-corrected chi connectivity index (χ4v) is 3.38. The van der Waals surface area contributed by atoms with E-state index >= 15 is 0 Å². The van der Waals surface area contributed by atoms with Gasteiger partial charge in [-0.15, -0.1) is 5.10 Å². The molecule has 9 heteroatoms. The average Bonchev–Trinajstić information content (AvgIpc) is 3.59. The number of nitrogens with zero attached hydrogens (tertiary/aromatic N) is 4. The molecule has 1 saturated carbocycles. The van der Waals surface area contributed by atoms with Gasteiger partial charge in [-0.2, -0.15) is 4.98 Å². The maximum atomic E-state index is 12.6. The molecule has 2 amide bonds. The summed E-state index contributed by atoms with van der Waals surface area (Å²) in [5.41, 5.74) is 2.59. The molecule has 0 spiro atoms. The van der Waals surface area contributed by atoms with Crippen LogP contribution in [0.5, 0.6) is 0 Å². The number of fused-ring (bicyclic) bond motifs is 1. The molecule has 31 heavy (non-hydrogen) atoms. The summed E-state index contributed by atoms with van der Waals surface area (Å²) < 4.78 is 1.54. The van der Waals surface area contributed by atoms with Crippen molar-refractivity contribution in [3.63, 3.8) is 0 Å². The Bertz CT molecular complexity index is 1070. The van der Waals surface area contributed by atoms with Crippen LogP contribution in [0.2, 0.25) is 0 Å². The zero-order chi connectivity index (χ0) is 21.8. The molecule has 1 aliphatic heterocycles. The number of carboxylic acid groups (broad SMARTS) is 1. The number of rotatable bonds is 3. The molecule has 1 aliphatic carbocycles. The SMILES string of the molecule is C1CC1.O=C(O)Nc1nc2cccc(-c3ccc(C(=O)N4CCCC(O)C4)cc3)n2n1. The first-order chi connectivity index (χ1) is 15.0. The van der Waals surface area contributed by atoms with E-state index in [2.05, 4.69) is 15.4 Å².